The molecule has 0 aliphatic heterocycles. The van der Waals surface area contributed by atoms with Gasteiger partial charge in [0.2, 0.25) is 0 Å². The lowest BCUT2D eigenvalue weighted by atomic mass is 10.0. The monoisotopic (exact) mass is 375 g/mol. The van der Waals surface area contributed by atoms with Crippen molar-refractivity contribution in [2.75, 3.05) is 18.5 Å². The van der Waals surface area contributed by atoms with E-state index < -0.39 is 5.97 Å². The molecule has 0 saturated heterocycles. The van der Waals surface area contributed by atoms with E-state index in [1.165, 1.54) is 16.9 Å². The predicted molar refractivity (Wildman–Crippen MR) is 104 cm³/mol. The van der Waals surface area contributed by atoms with Crippen LogP contribution in [0.2, 0.25) is 0 Å². The maximum atomic E-state index is 12.2. The van der Waals surface area contributed by atoms with Crippen molar-refractivity contribution in [3.8, 4) is 5.75 Å². The molecule has 1 heterocycles. The molecule has 5 nitrogen and oxygen atoms in total. The standard InChI is InChI=1S/C20H25NO4S/c1-6-24-20(23)18-13(4)14(5)26-19(18)21-17(22)11-25-16-9-7-15(8-10-16)12(2)3/h7-10,12H,6,11H2,1-5H3,(H,21,22). The summed E-state index contributed by atoms with van der Waals surface area (Å²) in [6, 6.07) is 7.68. The van der Waals surface area contributed by atoms with Crippen LogP contribution in [0.1, 0.15) is 53.1 Å². The number of ether oxygens (including phenoxy) is 2. The Morgan fingerprint density at radius 3 is 2.38 bits per heavy atom. The molecule has 2 aromatic rings. The number of thiophene rings is 1. The highest BCUT2D eigenvalue weighted by Crippen LogP contribution is 2.33. The van der Waals surface area contributed by atoms with Crippen LogP contribution in [-0.4, -0.2) is 25.1 Å². The molecule has 0 fully saturated rings. The van der Waals surface area contributed by atoms with Crippen LogP contribution in [0, 0.1) is 13.8 Å². The molecular formula is C20H25NO4S. The minimum absolute atomic E-state index is 0.126. The molecule has 0 unspecified atom stereocenters. The van der Waals surface area contributed by atoms with Crippen LogP contribution >= 0.6 is 11.3 Å². The van der Waals surface area contributed by atoms with Crippen molar-refractivity contribution in [1.82, 2.24) is 0 Å². The lowest BCUT2D eigenvalue weighted by molar-refractivity contribution is -0.118. The van der Waals surface area contributed by atoms with Gasteiger partial charge in [0.25, 0.3) is 5.91 Å². The third-order valence-corrected chi connectivity index (χ3v) is 5.16. The largest absolute Gasteiger partial charge is 0.484 e. The Balaban J connectivity index is 2.01. The number of amides is 1. The third kappa shape index (κ3) is 4.85. The first-order valence-corrected chi connectivity index (χ1v) is 9.44. The SMILES string of the molecule is CCOC(=O)c1c(NC(=O)COc2ccc(C(C)C)cc2)sc(C)c1C. The van der Waals surface area contributed by atoms with Gasteiger partial charge < -0.3 is 14.8 Å². The molecule has 0 bridgehead atoms. The van der Waals surface area contributed by atoms with Crippen LogP contribution in [0.15, 0.2) is 24.3 Å². The fourth-order valence-corrected chi connectivity index (χ4v) is 3.49. The number of hydrogen-bond acceptors (Lipinski definition) is 5. The molecule has 0 aliphatic carbocycles. The summed E-state index contributed by atoms with van der Waals surface area (Å²) < 4.78 is 10.6. The van der Waals surface area contributed by atoms with Crippen LogP contribution in [-0.2, 0) is 9.53 Å². The van der Waals surface area contributed by atoms with Gasteiger partial charge in [-0.25, -0.2) is 4.79 Å². The van der Waals surface area contributed by atoms with E-state index in [-0.39, 0.29) is 19.1 Å². The molecule has 1 amide bonds. The second-order valence-electron chi connectivity index (χ2n) is 6.27. The molecule has 140 valence electrons. The normalized spacial score (nSPS) is 10.7. The van der Waals surface area contributed by atoms with Crippen molar-refractivity contribution in [2.24, 2.45) is 0 Å². The summed E-state index contributed by atoms with van der Waals surface area (Å²) in [6.07, 6.45) is 0. The number of carbonyl (C=O) groups excluding carboxylic acids is 2. The molecule has 1 N–H and O–H groups in total. The van der Waals surface area contributed by atoms with Gasteiger partial charge in [0, 0.05) is 4.88 Å². The number of rotatable bonds is 7. The summed E-state index contributed by atoms with van der Waals surface area (Å²) in [7, 11) is 0. The number of benzene rings is 1. The van der Waals surface area contributed by atoms with Crippen molar-refractivity contribution < 1.29 is 19.1 Å². The second-order valence-corrected chi connectivity index (χ2v) is 7.49. The van der Waals surface area contributed by atoms with Crippen LogP contribution in [0.25, 0.3) is 0 Å². The van der Waals surface area contributed by atoms with E-state index in [0.29, 0.717) is 22.2 Å². The van der Waals surface area contributed by atoms with Gasteiger partial charge in [-0.1, -0.05) is 26.0 Å². The van der Waals surface area contributed by atoms with Gasteiger partial charge in [0.1, 0.15) is 10.8 Å². The van der Waals surface area contributed by atoms with E-state index in [0.717, 1.165) is 10.4 Å². The van der Waals surface area contributed by atoms with E-state index in [9.17, 15) is 9.59 Å². The Morgan fingerprint density at radius 2 is 1.81 bits per heavy atom. The van der Waals surface area contributed by atoms with Gasteiger partial charge in [-0.3, -0.25) is 4.79 Å². The zero-order chi connectivity index (χ0) is 19.3. The summed E-state index contributed by atoms with van der Waals surface area (Å²) in [4.78, 5) is 25.3. The molecule has 2 rings (SSSR count). The van der Waals surface area contributed by atoms with E-state index >= 15 is 0 Å². The molecule has 0 radical (unpaired) electrons. The lowest BCUT2D eigenvalue weighted by Crippen LogP contribution is -2.21. The van der Waals surface area contributed by atoms with Gasteiger partial charge in [0.05, 0.1) is 12.2 Å². The van der Waals surface area contributed by atoms with Crippen LogP contribution in [0.4, 0.5) is 5.00 Å². The van der Waals surface area contributed by atoms with Gasteiger partial charge in [-0.2, -0.15) is 0 Å². The Labute approximate surface area is 158 Å². The number of carbonyl (C=O) groups is 2. The van der Waals surface area contributed by atoms with Crippen LogP contribution in [0.5, 0.6) is 5.75 Å². The smallest absolute Gasteiger partial charge is 0.341 e. The molecule has 0 atom stereocenters. The van der Waals surface area contributed by atoms with Crippen molar-refractivity contribution >= 4 is 28.2 Å². The zero-order valence-electron chi connectivity index (χ0n) is 15.8. The third-order valence-electron chi connectivity index (χ3n) is 4.03. The Hall–Kier alpha value is -2.34. The van der Waals surface area contributed by atoms with Gasteiger partial charge in [-0.05, 0) is 49.9 Å². The number of nitrogens with one attached hydrogen (secondary N) is 1. The summed E-state index contributed by atoms with van der Waals surface area (Å²) in [5, 5.41) is 3.27. The maximum Gasteiger partial charge on any atom is 0.341 e. The van der Waals surface area contributed by atoms with Gasteiger partial charge in [0.15, 0.2) is 6.61 Å². The Kier molecular flexibility index (Phi) is 6.80. The first kappa shape index (κ1) is 20.0. The van der Waals surface area contributed by atoms with Crippen molar-refractivity contribution in [2.45, 2.75) is 40.5 Å². The quantitative estimate of drug-likeness (QED) is 0.714. The Morgan fingerprint density at radius 1 is 1.15 bits per heavy atom. The molecule has 0 aliphatic rings. The number of aryl methyl sites for hydroxylation is 1. The molecule has 1 aromatic carbocycles. The summed E-state index contributed by atoms with van der Waals surface area (Å²) in [5.41, 5.74) is 2.46. The minimum Gasteiger partial charge on any atom is -0.484 e. The molecular weight excluding hydrogens is 350 g/mol. The Bertz CT molecular complexity index is 778. The molecule has 1 aromatic heterocycles. The topological polar surface area (TPSA) is 64.6 Å². The van der Waals surface area contributed by atoms with Crippen LogP contribution < -0.4 is 10.1 Å². The fraction of sp³-hybridized carbons (Fsp3) is 0.400. The highest BCUT2D eigenvalue weighted by atomic mass is 32.1. The second kappa shape index (κ2) is 8.85. The molecule has 0 spiro atoms. The van der Waals surface area contributed by atoms with E-state index in [2.05, 4.69) is 19.2 Å². The van der Waals surface area contributed by atoms with Crippen molar-refractivity contribution in [1.29, 1.82) is 0 Å². The average molecular weight is 375 g/mol. The van der Waals surface area contributed by atoms with E-state index in [1.807, 2.05) is 38.1 Å². The molecule has 6 heteroatoms. The zero-order valence-corrected chi connectivity index (χ0v) is 16.7. The minimum atomic E-state index is -0.421. The number of esters is 1. The number of anilines is 1. The first-order valence-electron chi connectivity index (χ1n) is 8.63. The lowest BCUT2D eigenvalue weighted by Gasteiger charge is -2.10. The predicted octanol–water partition coefficient (Wildman–Crippen LogP) is 4.68. The molecule has 26 heavy (non-hydrogen) atoms. The highest BCUT2D eigenvalue weighted by molar-refractivity contribution is 7.16. The van der Waals surface area contributed by atoms with Crippen molar-refractivity contribution in [3.05, 3.63) is 45.8 Å². The first-order chi connectivity index (χ1) is 12.3. The fourth-order valence-electron chi connectivity index (χ4n) is 2.42. The van der Waals surface area contributed by atoms with Crippen LogP contribution in [0.3, 0.4) is 0 Å². The van der Waals surface area contributed by atoms with Gasteiger partial charge >= 0.3 is 5.97 Å². The number of hydrogen-bond donors (Lipinski definition) is 1. The van der Waals surface area contributed by atoms with E-state index in [1.54, 1.807) is 6.92 Å². The summed E-state index contributed by atoms with van der Waals surface area (Å²) in [6.45, 7) is 9.91. The maximum absolute atomic E-state index is 12.2. The molecule has 0 saturated carbocycles. The summed E-state index contributed by atoms with van der Waals surface area (Å²) in [5.74, 6) is 0.340. The van der Waals surface area contributed by atoms with Gasteiger partial charge in [-0.15, -0.1) is 11.3 Å². The van der Waals surface area contributed by atoms with Crippen molar-refractivity contribution in [3.63, 3.8) is 0 Å². The highest BCUT2D eigenvalue weighted by Gasteiger charge is 2.22. The van der Waals surface area contributed by atoms with E-state index in [4.69, 9.17) is 9.47 Å². The average Bonchev–Trinajstić information content (AvgIpc) is 2.87. The summed E-state index contributed by atoms with van der Waals surface area (Å²) >= 11 is 1.36.